The lowest BCUT2D eigenvalue weighted by Crippen LogP contribution is -2.32. The van der Waals surface area contributed by atoms with Crippen molar-refractivity contribution in [3.05, 3.63) is 12.2 Å². The highest BCUT2D eigenvalue weighted by Gasteiger charge is 2.32. The molecular weight excluding hydrogens is 200 g/mol. The van der Waals surface area contributed by atoms with Crippen LogP contribution in [0.2, 0.25) is 0 Å². The molecule has 0 nitrogen and oxygen atoms in total. The van der Waals surface area contributed by atoms with Gasteiger partial charge in [-0.25, -0.2) is 0 Å². The van der Waals surface area contributed by atoms with E-state index in [4.69, 9.17) is 0 Å². The van der Waals surface area contributed by atoms with Crippen LogP contribution in [-0.2, 0) is 0 Å². The third-order valence-electron chi connectivity index (χ3n) is 3.99. The van der Waals surface area contributed by atoms with Crippen LogP contribution in [0.25, 0.3) is 0 Å². The van der Waals surface area contributed by atoms with E-state index >= 15 is 0 Å². The number of hydrogen-bond acceptors (Lipinski definition) is 1. The molecule has 90 valence electrons. The van der Waals surface area contributed by atoms with Gasteiger partial charge in [-0.15, -0.1) is 0 Å². The van der Waals surface area contributed by atoms with Crippen molar-refractivity contribution < 1.29 is 0 Å². The molecule has 0 spiro atoms. The van der Waals surface area contributed by atoms with Crippen LogP contribution < -0.4 is 0 Å². The molecule has 0 amide bonds. The molecule has 0 aliphatic heterocycles. The molecule has 0 heterocycles. The zero-order valence-electron chi connectivity index (χ0n) is 11.7. The molecule has 0 saturated carbocycles. The topological polar surface area (TPSA) is 0 Å². The van der Waals surface area contributed by atoms with Crippen molar-refractivity contribution >= 4 is 12.6 Å². The molecule has 0 unspecified atom stereocenters. The van der Waals surface area contributed by atoms with Gasteiger partial charge < -0.3 is 0 Å². The van der Waals surface area contributed by atoms with Gasteiger partial charge >= 0.3 is 0 Å². The molecular formula is C14H28S. The summed E-state index contributed by atoms with van der Waals surface area (Å²) in [5.41, 5.74) is 0.374. The Kier molecular flexibility index (Phi) is 4.56. The zero-order valence-corrected chi connectivity index (χ0v) is 12.6. The lowest BCUT2D eigenvalue weighted by molar-refractivity contribution is 0.319. The van der Waals surface area contributed by atoms with Crippen LogP contribution in [0.4, 0.5) is 0 Å². The van der Waals surface area contributed by atoms with Crippen LogP contribution in [0, 0.1) is 16.7 Å². The van der Waals surface area contributed by atoms with Crippen molar-refractivity contribution in [1.82, 2.24) is 0 Å². The standard InChI is InChI=1S/C14H28S/c1-11(2)12(3,4)9-10-13(5,6)14(7,8)15/h9-11,15H,1-8H3/b10-9+. The predicted octanol–water partition coefficient (Wildman–Crippen LogP) is 4.96. The lowest BCUT2D eigenvalue weighted by Gasteiger charge is -2.36. The van der Waals surface area contributed by atoms with Gasteiger partial charge in [-0.1, -0.05) is 67.5 Å². The first kappa shape index (κ1) is 15.1. The Hall–Kier alpha value is 0.0900. The Morgan fingerprint density at radius 2 is 1.27 bits per heavy atom. The summed E-state index contributed by atoms with van der Waals surface area (Å²) in [4.78, 5) is 0. The van der Waals surface area contributed by atoms with Crippen molar-refractivity contribution in [2.24, 2.45) is 16.7 Å². The first-order valence-electron chi connectivity index (χ1n) is 5.83. The first-order chi connectivity index (χ1) is 6.40. The fourth-order valence-electron chi connectivity index (χ4n) is 0.819. The Morgan fingerprint density at radius 1 is 0.867 bits per heavy atom. The number of thiol groups is 1. The summed E-state index contributed by atoms with van der Waals surface area (Å²) in [7, 11) is 0. The van der Waals surface area contributed by atoms with Gasteiger partial charge in [-0.2, -0.15) is 12.6 Å². The Balaban J connectivity index is 4.81. The van der Waals surface area contributed by atoms with Crippen molar-refractivity contribution in [1.29, 1.82) is 0 Å². The van der Waals surface area contributed by atoms with Crippen LogP contribution in [0.15, 0.2) is 12.2 Å². The summed E-state index contributed by atoms with van der Waals surface area (Å²) in [6.45, 7) is 17.9. The Morgan fingerprint density at radius 3 is 1.53 bits per heavy atom. The van der Waals surface area contributed by atoms with Gasteiger partial charge in [0.1, 0.15) is 0 Å². The second-order valence-corrected chi connectivity index (χ2v) is 7.71. The smallest absolute Gasteiger partial charge is 0.0158 e. The van der Waals surface area contributed by atoms with Crippen molar-refractivity contribution in [2.45, 2.75) is 60.1 Å². The van der Waals surface area contributed by atoms with E-state index in [-0.39, 0.29) is 15.6 Å². The average Bonchev–Trinajstić information content (AvgIpc) is 1.99. The minimum atomic E-state index is 0.0105. The highest BCUT2D eigenvalue weighted by Crippen LogP contribution is 2.39. The zero-order chi connectivity index (χ0) is 12.5. The molecule has 0 N–H and O–H groups in total. The summed E-state index contributed by atoms with van der Waals surface area (Å²) < 4.78 is 0.0105. The molecule has 0 aromatic rings. The third-order valence-corrected chi connectivity index (χ3v) is 4.57. The van der Waals surface area contributed by atoms with Crippen molar-refractivity contribution in [3.63, 3.8) is 0 Å². The van der Waals surface area contributed by atoms with Gasteiger partial charge in [-0.05, 0) is 16.7 Å². The summed E-state index contributed by atoms with van der Waals surface area (Å²) in [5.74, 6) is 0.660. The Labute approximate surface area is 102 Å². The van der Waals surface area contributed by atoms with E-state index in [0.29, 0.717) is 5.92 Å². The van der Waals surface area contributed by atoms with E-state index in [9.17, 15) is 0 Å². The molecule has 0 aliphatic carbocycles. The summed E-state index contributed by atoms with van der Waals surface area (Å²) in [6.07, 6.45) is 4.66. The second kappa shape index (κ2) is 4.53. The maximum Gasteiger partial charge on any atom is 0.0158 e. The lowest BCUT2D eigenvalue weighted by atomic mass is 9.75. The molecule has 0 aromatic carbocycles. The summed E-state index contributed by atoms with van der Waals surface area (Å²) in [6, 6.07) is 0. The molecule has 0 rings (SSSR count). The molecule has 0 atom stereocenters. The molecule has 0 saturated heterocycles. The minimum absolute atomic E-state index is 0.0105. The van der Waals surface area contributed by atoms with Gasteiger partial charge in [0.15, 0.2) is 0 Å². The molecule has 0 radical (unpaired) electrons. The van der Waals surface area contributed by atoms with Crippen molar-refractivity contribution in [3.8, 4) is 0 Å². The van der Waals surface area contributed by atoms with E-state index in [1.807, 2.05) is 0 Å². The fraction of sp³-hybridized carbons (Fsp3) is 0.857. The largest absolute Gasteiger partial charge is 0.172 e. The van der Waals surface area contributed by atoms with Gasteiger partial charge in [0.25, 0.3) is 0 Å². The molecule has 0 bridgehead atoms. The highest BCUT2D eigenvalue weighted by atomic mass is 32.1. The van der Waals surface area contributed by atoms with Gasteiger partial charge in [0, 0.05) is 4.75 Å². The number of rotatable bonds is 4. The molecule has 0 aromatic heterocycles. The quantitative estimate of drug-likeness (QED) is 0.510. The normalized spacial score (nSPS) is 15.3. The van der Waals surface area contributed by atoms with E-state index in [0.717, 1.165) is 0 Å². The molecule has 1 heteroatoms. The molecule has 0 fully saturated rings. The maximum absolute atomic E-state index is 4.67. The summed E-state index contributed by atoms with van der Waals surface area (Å²) in [5, 5.41) is 0. The fourth-order valence-corrected chi connectivity index (χ4v) is 0.894. The molecule has 15 heavy (non-hydrogen) atoms. The van der Waals surface area contributed by atoms with Crippen LogP contribution in [0.3, 0.4) is 0 Å². The number of allylic oxidation sites excluding steroid dienone is 2. The summed E-state index contributed by atoms with van der Waals surface area (Å²) >= 11 is 4.67. The van der Waals surface area contributed by atoms with Gasteiger partial charge in [0.05, 0.1) is 0 Å². The highest BCUT2D eigenvalue weighted by molar-refractivity contribution is 7.81. The van der Waals surface area contributed by atoms with E-state index in [1.54, 1.807) is 0 Å². The third kappa shape index (κ3) is 4.22. The predicted molar refractivity (Wildman–Crippen MR) is 74.6 cm³/mol. The van der Waals surface area contributed by atoms with E-state index in [2.05, 4.69) is 80.2 Å². The maximum atomic E-state index is 4.67. The van der Waals surface area contributed by atoms with E-state index in [1.165, 1.54) is 0 Å². The first-order valence-corrected chi connectivity index (χ1v) is 6.27. The minimum Gasteiger partial charge on any atom is -0.172 e. The second-order valence-electron chi connectivity index (χ2n) is 6.59. The van der Waals surface area contributed by atoms with Crippen LogP contribution in [0.5, 0.6) is 0 Å². The van der Waals surface area contributed by atoms with Gasteiger partial charge in [0.2, 0.25) is 0 Å². The molecule has 0 aliphatic rings. The monoisotopic (exact) mass is 228 g/mol. The van der Waals surface area contributed by atoms with Crippen LogP contribution >= 0.6 is 12.6 Å². The van der Waals surface area contributed by atoms with E-state index < -0.39 is 0 Å². The Bertz CT molecular complexity index is 226. The SMILES string of the molecule is CC(C)C(C)(C)/C=C/C(C)(C)C(C)(C)S. The average molecular weight is 228 g/mol. The van der Waals surface area contributed by atoms with Crippen LogP contribution in [0.1, 0.15) is 55.4 Å². The number of hydrogen-bond donors (Lipinski definition) is 1. The van der Waals surface area contributed by atoms with Gasteiger partial charge in [-0.3, -0.25) is 0 Å². The van der Waals surface area contributed by atoms with Crippen LogP contribution in [-0.4, -0.2) is 4.75 Å². The van der Waals surface area contributed by atoms with Crippen molar-refractivity contribution in [2.75, 3.05) is 0 Å².